The number of pyridine rings is 1. The molecule has 136 valence electrons. The summed E-state index contributed by atoms with van der Waals surface area (Å²) in [6.07, 6.45) is 0.323. The number of aryl methyl sites for hydroxylation is 3. The smallest absolute Gasteiger partial charge is 0.251 e. The number of fused-ring (bicyclic) bond motifs is 1. The molecule has 0 saturated heterocycles. The second-order valence-electron chi connectivity index (χ2n) is 6.61. The highest BCUT2D eigenvalue weighted by Crippen LogP contribution is 2.15. The molecule has 0 bridgehead atoms. The Morgan fingerprint density at radius 1 is 0.962 bits per heavy atom. The van der Waals surface area contributed by atoms with Crippen LogP contribution in [0.5, 0.6) is 0 Å². The molecule has 0 aliphatic rings. The molecule has 0 aliphatic heterocycles. The van der Waals surface area contributed by atoms with Crippen LogP contribution >= 0.6 is 0 Å². The van der Waals surface area contributed by atoms with Gasteiger partial charge in [-0.05, 0) is 74.0 Å². The normalized spacial score (nSPS) is 11.8. The maximum Gasteiger partial charge on any atom is 0.251 e. The van der Waals surface area contributed by atoms with Crippen molar-refractivity contribution in [3.05, 3.63) is 75.1 Å². The Labute approximate surface area is 153 Å². The quantitative estimate of drug-likeness (QED) is 0.725. The summed E-state index contributed by atoms with van der Waals surface area (Å²) < 4.78 is 27.4. The van der Waals surface area contributed by atoms with E-state index in [9.17, 15) is 13.2 Å². The number of hydrogen-bond acceptors (Lipinski definition) is 3. The fourth-order valence-corrected chi connectivity index (χ4v) is 3.96. The molecule has 0 unspecified atom stereocenters. The third-order valence-electron chi connectivity index (χ3n) is 4.55. The topological polar surface area (TPSA) is 79.0 Å². The zero-order valence-corrected chi connectivity index (χ0v) is 15.9. The summed E-state index contributed by atoms with van der Waals surface area (Å²) in [6, 6.07) is 12.7. The van der Waals surface area contributed by atoms with Crippen LogP contribution in [0.4, 0.5) is 0 Å². The van der Waals surface area contributed by atoms with Crippen LogP contribution in [0.2, 0.25) is 0 Å². The van der Waals surface area contributed by atoms with E-state index in [4.69, 9.17) is 0 Å². The van der Waals surface area contributed by atoms with E-state index in [2.05, 4.69) is 9.71 Å². The maximum absolute atomic E-state index is 12.4. The molecule has 0 fully saturated rings. The van der Waals surface area contributed by atoms with Gasteiger partial charge in [-0.2, -0.15) is 0 Å². The highest BCUT2D eigenvalue weighted by molar-refractivity contribution is 7.89. The molecule has 1 aromatic heterocycles. The minimum atomic E-state index is -3.59. The van der Waals surface area contributed by atoms with Crippen molar-refractivity contribution in [3.63, 3.8) is 0 Å². The van der Waals surface area contributed by atoms with Gasteiger partial charge in [0.2, 0.25) is 10.0 Å². The van der Waals surface area contributed by atoms with Crippen LogP contribution in [-0.4, -0.2) is 19.9 Å². The molecule has 5 nitrogen and oxygen atoms in total. The summed E-state index contributed by atoms with van der Waals surface area (Å²) >= 11 is 0. The van der Waals surface area contributed by atoms with E-state index >= 15 is 0 Å². The van der Waals surface area contributed by atoms with Gasteiger partial charge >= 0.3 is 0 Å². The van der Waals surface area contributed by atoms with Crippen molar-refractivity contribution in [2.45, 2.75) is 32.1 Å². The van der Waals surface area contributed by atoms with Gasteiger partial charge in [0.25, 0.3) is 5.56 Å². The number of aromatic nitrogens is 1. The predicted molar refractivity (Wildman–Crippen MR) is 104 cm³/mol. The minimum absolute atomic E-state index is 0.162. The van der Waals surface area contributed by atoms with Gasteiger partial charge in [-0.15, -0.1) is 0 Å². The van der Waals surface area contributed by atoms with E-state index in [1.807, 2.05) is 45.0 Å². The maximum atomic E-state index is 12.4. The molecule has 2 N–H and O–H groups in total. The highest BCUT2D eigenvalue weighted by Gasteiger charge is 2.14. The summed E-state index contributed by atoms with van der Waals surface area (Å²) in [6.45, 7) is 5.97. The molecule has 0 atom stereocenters. The van der Waals surface area contributed by atoms with Crippen molar-refractivity contribution in [3.8, 4) is 0 Å². The largest absolute Gasteiger partial charge is 0.322 e. The molecular formula is C20H22N2O3S. The number of sulfonamides is 1. The molecule has 26 heavy (non-hydrogen) atoms. The molecule has 0 spiro atoms. The van der Waals surface area contributed by atoms with Crippen LogP contribution in [-0.2, 0) is 16.4 Å². The number of aromatic amines is 1. The van der Waals surface area contributed by atoms with Gasteiger partial charge in [-0.1, -0.05) is 17.7 Å². The Kier molecular flexibility index (Phi) is 4.98. The van der Waals surface area contributed by atoms with E-state index in [-0.39, 0.29) is 17.0 Å². The van der Waals surface area contributed by atoms with Gasteiger partial charge in [0.15, 0.2) is 0 Å². The van der Waals surface area contributed by atoms with Crippen molar-refractivity contribution in [1.82, 2.24) is 9.71 Å². The minimum Gasteiger partial charge on any atom is -0.322 e. The van der Waals surface area contributed by atoms with Gasteiger partial charge in [-0.3, -0.25) is 4.79 Å². The molecular weight excluding hydrogens is 348 g/mol. The van der Waals surface area contributed by atoms with E-state index in [0.29, 0.717) is 12.0 Å². The third kappa shape index (κ3) is 3.86. The molecule has 0 aliphatic carbocycles. The summed E-state index contributed by atoms with van der Waals surface area (Å²) in [4.78, 5) is 15.3. The standard InChI is InChI=1S/C20H22N2O3S/c1-13-4-7-19-17(10-13)12-16(20(23)22-19)8-9-21-26(24,25)18-6-5-14(2)15(3)11-18/h4-7,10-12,21H,8-9H2,1-3H3,(H,22,23). The lowest BCUT2D eigenvalue weighted by Crippen LogP contribution is -2.27. The number of benzene rings is 2. The van der Waals surface area contributed by atoms with Crippen LogP contribution in [0, 0.1) is 20.8 Å². The fourth-order valence-electron chi connectivity index (χ4n) is 2.84. The molecule has 0 amide bonds. The lowest BCUT2D eigenvalue weighted by molar-refractivity contribution is 0.581. The molecule has 6 heteroatoms. The second-order valence-corrected chi connectivity index (χ2v) is 8.38. The SMILES string of the molecule is Cc1ccc2[nH]c(=O)c(CCNS(=O)(=O)c3ccc(C)c(C)c3)cc2c1. The summed E-state index contributed by atoms with van der Waals surface area (Å²) in [5, 5.41) is 0.941. The number of hydrogen-bond donors (Lipinski definition) is 2. The van der Waals surface area contributed by atoms with Crippen molar-refractivity contribution < 1.29 is 8.42 Å². The van der Waals surface area contributed by atoms with Gasteiger partial charge in [0, 0.05) is 17.6 Å². The van der Waals surface area contributed by atoms with Gasteiger partial charge in [0.1, 0.15) is 0 Å². The molecule has 0 radical (unpaired) electrons. The summed E-state index contributed by atoms with van der Waals surface area (Å²) in [5.74, 6) is 0. The Bertz CT molecular complexity index is 1130. The second kappa shape index (κ2) is 7.05. The first-order chi connectivity index (χ1) is 12.3. The van der Waals surface area contributed by atoms with Crippen molar-refractivity contribution in [1.29, 1.82) is 0 Å². The Balaban J connectivity index is 1.76. The van der Waals surface area contributed by atoms with Crippen molar-refractivity contribution in [2.24, 2.45) is 0 Å². The highest BCUT2D eigenvalue weighted by atomic mass is 32.2. The van der Waals surface area contributed by atoms with Crippen LogP contribution < -0.4 is 10.3 Å². The van der Waals surface area contributed by atoms with E-state index in [1.54, 1.807) is 18.2 Å². The summed E-state index contributed by atoms with van der Waals surface area (Å²) in [5.41, 5.74) is 4.22. The zero-order valence-electron chi connectivity index (χ0n) is 15.1. The first-order valence-electron chi connectivity index (χ1n) is 8.46. The van der Waals surface area contributed by atoms with Crippen LogP contribution in [0.1, 0.15) is 22.3 Å². The molecule has 1 heterocycles. The Hall–Kier alpha value is -2.44. The zero-order chi connectivity index (χ0) is 18.9. The monoisotopic (exact) mass is 370 g/mol. The Morgan fingerprint density at radius 2 is 1.73 bits per heavy atom. The van der Waals surface area contributed by atoms with Crippen LogP contribution in [0.15, 0.2) is 52.2 Å². The van der Waals surface area contributed by atoms with Crippen molar-refractivity contribution >= 4 is 20.9 Å². The summed E-state index contributed by atoms with van der Waals surface area (Å²) in [7, 11) is -3.59. The van der Waals surface area contributed by atoms with Gasteiger partial charge < -0.3 is 4.98 Å². The van der Waals surface area contributed by atoms with E-state index in [1.165, 1.54) is 0 Å². The van der Waals surface area contributed by atoms with E-state index < -0.39 is 10.0 Å². The number of H-pyrrole nitrogens is 1. The first-order valence-corrected chi connectivity index (χ1v) is 9.94. The third-order valence-corrected chi connectivity index (χ3v) is 6.01. The van der Waals surface area contributed by atoms with Crippen molar-refractivity contribution in [2.75, 3.05) is 6.54 Å². The average Bonchev–Trinajstić information content (AvgIpc) is 2.58. The fraction of sp³-hybridized carbons (Fsp3) is 0.250. The molecule has 3 rings (SSSR count). The van der Waals surface area contributed by atoms with Crippen LogP contribution in [0.3, 0.4) is 0 Å². The Morgan fingerprint density at radius 3 is 2.46 bits per heavy atom. The number of rotatable bonds is 5. The molecule has 2 aromatic carbocycles. The lowest BCUT2D eigenvalue weighted by Gasteiger charge is -2.09. The predicted octanol–water partition coefficient (Wildman–Crippen LogP) is 2.97. The number of nitrogens with one attached hydrogen (secondary N) is 2. The van der Waals surface area contributed by atoms with Gasteiger partial charge in [0.05, 0.1) is 4.90 Å². The first kappa shape index (κ1) is 18.4. The molecule has 3 aromatic rings. The van der Waals surface area contributed by atoms with Crippen LogP contribution in [0.25, 0.3) is 10.9 Å². The van der Waals surface area contributed by atoms with E-state index in [0.717, 1.165) is 27.6 Å². The van der Waals surface area contributed by atoms with Gasteiger partial charge in [-0.25, -0.2) is 13.1 Å². The lowest BCUT2D eigenvalue weighted by atomic mass is 10.1. The molecule has 0 saturated carbocycles. The average molecular weight is 370 g/mol.